The highest BCUT2D eigenvalue weighted by molar-refractivity contribution is 5.68. The van der Waals surface area contributed by atoms with Crippen LogP contribution in [0.1, 0.15) is 54.4 Å². The Hall–Kier alpha value is -0.770. The summed E-state index contributed by atoms with van der Waals surface area (Å²) >= 11 is 0. The molecule has 1 aliphatic rings. The van der Waals surface area contributed by atoms with Crippen LogP contribution in [-0.2, 0) is 4.74 Å². The first-order valence-electron chi connectivity index (χ1n) is 6.61. The van der Waals surface area contributed by atoms with E-state index in [2.05, 4.69) is 26.1 Å². The number of alkyl carbamates (subject to hydrolysis) is 1. The van der Waals surface area contributed by atoms with Gasteiger partial charge in [0.05, 0.1) is 6.61 Å². The van der Waals surface area contributed by atoms with Gasteiger partial charge in [0.1, 0.15) is 5.60 Å². The van der Waals surface area contributed by atoms with Crippen LogP contribution in [0.3, 0.4) is 0 Å². The van der Waals surface area contributed by atoms with Crippen LogP contribution < -0.4 is 5.32 Å². The van der Waals surface area contributed by atoms with Crippen LogP contribution in [0.25, 0.3) is 0 Å². The Bertz CT molecular complexity index is 308. The van der Waals surface area contributed by atoms with E-state index in [4.69, 9.17) is 4.74 Å². The van der Waals surface area contributed by atoms with Crippen molar-refractivity contribution in [1.82, 2.24) is 5.32 Å². The monoisotopic (exact) mass is 257 g/mol. The average Bonchev–Trinajstić information content (AvgIpc) is 2.90. The van der Waals surface area contributed by atoms with E-state index in [1.807, 2.05) is 20.8 Å². The van der Waals surface area contributed by atoms with Crippen molar-refractivity contribution in [3.05, 3.63) is 0 Å². The third-order valence-electron chi connectivity index (χ3n) is 3.35. The third-order valence-corrected chi connectivity index (χ3v) is 3.35. The molecule has 0 aromatic rings. The largest absolute Gasteiger partial charge is 0.444 e. The lowest BCUT2D eigenvalue weighted by atomic mass is 9.77. The number of amides is 1. The molecule has 1 saturated carbocycles. The van der Waals surface area contributed by atoms with Gasteiger partial charge in [-0.2, -0.15) is 0 Å². The molecule has 0 saturated heterocycles. The van der Waals surface area contributed by atoms with Crippen molar-refractivity contribution in [2.75, 3.05) is 6.61 Å². The van der Waals surface area contributed by atoms with Gasteiger partial charge in [-0.25, -0.2) is 4.79 Å². The minimum Gasteiger partial charge on any atom is -0.444 e. The van der Waals surface area contributed by atoms with Gasteiger partial charge < -0.3 is 15.2 Å². The molecule has 18 heavy (non-hydrogen) atoms. The van der Waals surface area contributed by atoms with Crippen molar-refractivity contribution in [2.45, 2.75) is 66.0 Å². The van der Waals surface area contributed by atoms with E-state index in [-0.39, 0.29) is 23.5 Å². The lowest BCUT2D eigenvalue weighted by Crippen LogP contribution is -2.52. The van der Waals surface area contributed by atoms with Crippen LogP contribution in [-0.4, -0.2) is 29.4 Å². The molecule has 0 bridgehead atoms. The second-order valence-electron chi connectivity index (χ2n) is 7.47. The lowest BCUT2D eigenvalue weighted by molar-refractivity contribution is 0.0359. The number of nitrogens with one attached hydrogen (secondary N) is 1. The zero-order valence-electron chi connectivity index (χ0n) is 12.5. The number of carbonyl (C=O) groups is 1. The van der Waals surface area contributed by atoms with E-state index < -0.39 is 11.7 Å². The van der Waals surface area contributed by atoms with Crippen LogP contribution in [0.5, 0.6) is 0 Å². The van der Waals surface area contributed by atoms with Gasteiger partial charge >= 0.3 is 6.09 Å². The summed E-state index contributed by atoms with van der Waals surface area (Å²) in [6.45, 7) is 11.9. The predicted molar refractivity (Wildman–Crippen MR) is 71.4 cm³/mol. The highest BCUT2D eigenvalue weighted by Crippen LogP contribution is 2.52. The highest BCUT2D eigenvalue weighted by atomic mass is 16.6. The molecule has 0 aromatic carbocycles. The average molecular weight is 257 g/mol. The van der Waals surface area contributed by atoms with Gasteiger partial charge in [0.25, 0.3) is 0 Å². The number of hydrogen-bond donors (Lipinski definition) is 2. The Morgan fingerprint density at radius 2 is 1.78 bits per heavy atom. The maximum atomic E-state index is 11.9. The van der Waals surface area contributed by atoms with E-state index in [1.54, 1.807) is 0 Å². The predicted octanol–water partition coefficient (Wildman–Crippen LogP) is 2.70. The van der Waals surface area contributed by atoms with Gasteiger partial charge in [0.15, 0.2) is 0 Å². The molecule has 1 fully saturated rings. The summed E-state index contributed by atoms with van der Waals surface area (Å²) in [6.07, 6.45) is 1.52. The van der Waals surface area contributed by atoms with Crippen LogP contribution in [0.4, 0.5) is 4.79 Å². The lowest BCUT2D eigenvalue weighted by Gasteiger charge is -2.37. The van der Waals surface area contributed by atoms with Gasteiger partial charge in [0, 0.05) is 11.5 Å². The zero-order chi connectivity index (χ0) is 14.2. The summed E-state index contributed by atoms with van der Waals surface area (Å²) < 4.78 is 5.30. The molecule has 1 atom stereocenters. The second kappa shape index (κ2) is 4.72. The van der Waals surface area contributed by atoms with Crippen LogP contribution in [0, 0.1) is 10.8 Å². The smallest absolute Gasteiger partial charge is 0.407 e. The summed E-state index contributed by atoms with van der Waals surface area (Å²) in [5.74, 6) is 0. The number of carbonyl (C=O) groups excluding carboxylic acids is 1. The standard InChI is InChI=1S/C14H27NO3/c1-12(2,3)10(14(9-16)7-8-14)15-11(17)18-13(4,5)6/h10,16H,7-9H2,1-6H3,(H,15,17). The molecule has 106 valence electrons. The number of aliphatic hydroxyl groups is 1. The van der Waals surface area contributed by atoms with Crippen LogP contribution >= 0.6 is 0 Å². The first-order chi connectivity index (χ1) is 8.00. The Labute approximate surface area is 110 Å². The molecular formula is C14H27NO3. The SMILES string of the molecule is CC(C)(C)OC(=O)NC(C(C)(C)C)C1(CO)CC1. The Balaban J connectivity index is 2.73. The van der Waals surface area contributed by atoms with Crippen molar-refractivity contribution in [3.8, 4) is 0 Å². The van der Waals surface area contributed by atoms with Crippen LogP contribution in [0.2, 0.25) is 0 Å². The Kier molecular flexibility index (Phi) is 4.01. The van der Waals surface area contributed by atoms with Crippen LogP contribution in [0.15, 0.2) is 0 Å². The first-order valence-corrected chi connectivity index (χ1v) is 6.61. The molecule has 0 aliphatic heterocycles. The van der Waals surface area contributed by atoms with Gasteiger partial charge in [-0.15, -0.1) is 0 Å². The number of rotatable bonds is 3. The highest BCUT2D eigenvalue weighted by Gasteiger charge is 2.53. The molecule has 1 unspecified atom stereocenters. The van der Waals surface area contributed by atoms with Crippen molar-refractivity contribution in [2.24, 2.45) is 10.8 Å². The van der Waals surface area contributed by atoms with E-state index in [0.717, 1.165) is 12.8 Å². The molecule has 0 radical (unpaired) electrons. The molecule has 1 amide bonds. The van der Waals surface area contributed by atoms with Gasteiger partial charge in [0.2, 0.25) is 0 Å². The molecule has 4 nitrogen and oxygen atoms in total. The summed E-state index contributed by atoms with van der Waals surface area (Å²) in [5, 5.41) is 12.5. The van der Waals surface area contributed by atoms with E-state index in [1.165, 1.54) is 0 Å². The van der Waals surface area contributed by atoms with E-state index >= 15 is 0 Å². The summed E-state index contributed by atoms with van der Waals surface area (Å²) in [6, 6.07) is -0.0650. The molecule has 1 aliphatic carbocycles. The normalized spacial score (nSPS) is 20.2. The van der Waals surface area contributed by atoms with Crippen molar-refractivity contribution >= 4 is 6.09 Å². The summed E-state index contributed by atoms with van der Waals surface area (Å²) in [7, 11) is 0. The fourth-order valence-corrected chi connectivity index (χ4v) is 2.41. The molecule has 4 heteroatoms. The second-order valence-corrected chi connectivity index (χ2v) is 7.47. The zero-order valence-corrected chi connectivity index (χ0v) is 12.5. The molecule has 0 aromatic heterocycles. The number of hydrogen-bond acceptors (Lipinski definition) is 3. The van der Waals surface area contributed by atoms with E-state index in [9.17, 15) is 9.90 Å². The summed E-state index contributed by atoms with van der Waals surface area (Å²) in [4.78, 5) is 11.9. The number of ether oxygens (including phenoxy) is 1. The molecule has 2 N–H and O–H groups in total. The molecule has 1 rings (SSSR count). The third kappa shape index (κ3) is 3.87. The van der Waals surface area contributed by atoms with Gasteiger partial charge in [-0.3, -0.25) is 0 Å². The fourth-order valence-electron chi connectivity index (χ4n) is 2.41. The van der Waals surface area contributed by atoms with Crippen molar-refractivity contribution in [3.63, 3.8) is 0 Å². The minimum absolute atomic E-state index is 0.0650. The Morgan fingerprint density at radius 3 is 2.06 bits per heavy atom. The quantitative estimate of drug-likeness (QED) is 0.817. The topological polar surface area (TPSA) is 58.6 Å². The van der Waals surface area contributed by atoms with Gasteiger partial charge in [-0.1, -0.05) is 20.8 Å². The minimum atomic E-state index is -0.498. The Morgan fingerprint density at radius 1 is 1.28 bits per heavy atom. The first kappa shape index (κ1) is 15.3. The van der Waals surface area contributed by atoms with E-state index in [0.29, 0.717) is 0 Å². The molecular weight excluding hydrogens is 230 g/mol. The fraction of sp³-hybridized carbons (Fsp3) is 0.929. The van der Waals surface area contributed by atoms with Crippen molar-refractivity contribution in [1.29, 1.82) is 0 Å². The molecule has 0 spiro atoms. The summed E-state index contributed by atoms with van der Waals surface area (Å²) in [5.41, 5.74) is -0.756. The molecule has 0 heterocycles. The number of aliphatic hydroxyl groups excluding tert-OH is 1. The maximum absolute atomic E-state index is 11.9. The van der Waals surface area contributed by atoms with Crippen molar-refractivity contribution < 1.29 is 14.6 Å². The maximum Gasteiger partial charge on any atom is 0.407 e. The van der Waals surface area contributed by atoms with Gasteiger partial charge in [-0.05, 0) is 39.0 Å².